The number of fused-ring (bicyclic) bond motifs is 1. The summed E-state index contributed by atoms with van der Waals surface area (Å²) in [5.74, 6) is -0.333. The number of hydrogen-bond donors (Lipinski definition) is 1. The third kappa shape index (κ3) is 4.52. The molecule has 5 nitrogen and oxygen atoms in total. The van der Waals surface area contributed by atoms with Crippen LogP contribution in [0.4, 0.5) is 5.69 Å². The molecule has 0 radical (unpaired) electrons. The third-order valence-corrected chi connectivity index (χ3v) is 5.53. The number of nitrogens with zero attached hydrogens (tertiary/aromatic N) is 2. The molecular weight excluding hydrogens is 441 g/mol. The predicted molar refractivity (Wildman–Crippen MR) is 117 cm³/mol. The molecule has 0 aliphatic rings. The number of carbonyl (C=O) groups excluding carboxylic acids is 1. The lowest BCUT2D eigenvalue weighted by atomic mass is 10.2. The molecule has 0 aliphatic carbocycles. The second-order valence-electron chi connectivity index (χ2n) is 5.70. The maximum atomic E-state index is 12.7. The number of amides is 1. The van der Waals surface area contributed by atoms with Crippen LogP contribution in [-0.4, -0.2) is 21.2 Å². The molecule has 0 atom stereocenters. The number of anilines is 1. The number of aromatic nitrogens is 2. The highest BCUT2D eigenvalue weighted by Crippen LogP contribution is 2.33. The lowest BCUT2D eigenvalue weighted by molar-refractivity contribution is -0.113. The minimum Gasteiger partial charge on any atom is -0.323 e. The standard InChI is InChI=1S/C19H14Cl3N3O2S/c1-2-7-25-18(27)12-5-3-4-6-15(12)23-19(25)28-10-16(26)24-17-13(21)8-11(20)9-14(17)22/h2-6,8-9H,1,7,10H2,(H,24,26). The largest absolute Gasteiger partial charge is 0.323 e. The number of benzene rings is 2. The van der Waals surface area contributed by atoms with Crippen LogP contribution in [0.5, 0.6) is 0 Å². The van der Waals surface area contributed by atoms with Crippen molar-refractivity contribution >= 4 is 69.1 Å². The number of thioether (sulfide) groups is 1. The third-order valence-electron chi connectivity index (χ3n) is 3.74. The van der Waals surface area contributed by atoms with Gasteiger partial charge in [0.15, 0.2) is 5.16 Å². The van der Waals surface area contributed by atoms with Crippen molar-refractivity contribution in [2.75, 3.05) is 11.1 Å². The van der Waals surface area contributed by atoms with Crippen molar-refractivity contribution in [2.45, 2.75) is 11.7 Å². The average Bonchev–Trinajstić information content (AvgIpc) is 2.65. The average molecular weight is 455 g/mol. The first kappa shape index (κ1) is 20.7. The van der Waals surface area contributed by atoms with Crippen molar-refractivity contribution in [2.24, 2.45) is 0 Å². The summed E-state index contributed by atoms with van der Waals surface area (Å²) in [7, 11) is 0. The van der Waals surface area contributed by atoms with E-state index in [1.165, 1.54) is 16.7 Å². The molecular formula is C19H14Cl3N3O2S. The van der Waals surface area contributed by atoms with E-state index in [9.17, 15) is 9.59 Å². The van der Waals surface area contributed by atoms with Gasteiger partial charge in [-0.25, -0.2) is 4.98 Å². The Morgan fingerprint density at radius 3 is 2.57 bits per heavy atom. The fraction of sp³-hybridized carbons (Fsp3) is 0.105. The lowest BCUT2D eigenvalue weighted by Gasteiger charge is -2.12. The maximum Gasteiger partial charge on any atom is 0.262 e. The minimum absolute atomic E-state index is 0.0111. The molecule has 0 spiro atoms. The van der Waals surface area contributed by atoms with Crippen molar-refractivity contribution in [1.29, 1.82) is 0 Å². The molecule has 3 rings (SSSR count). The van der Waals surface area contributed by atoms with Gasteiger partial charge in [-0.3, -0.25) is 14.2 Å². The van der Waals surface area contributed by atoms with Gasteiger partial charge < -0.3 is 5.32 Å². The first-order chi connectivity index (χ1) is 13.4. The van der Waals surface area contributed by atoms with Gasteiger partial charge in [0.25, 0.3) is 5.56 Å². The molecule has 1 N–H and O–H groups in total. The summed E-state index contributed by atoms with van der Waals surface area (Å²) in [6.07, 6.45) is 1.61. The topological polar surface area (TPSA) is 64.0 Å². The minimum atomic E-state index is -0.344. The van der Waals surface area contributed by atoms with Gasteiger partial charge in [-0.05, 0) is 24.3 Å². The Morgan fingerprint density at radius 1 is 1.21 bits per heavy atom. The SMILES string of the molecule is C=CCn1c(SCC(=O)Nc2c(Cl)cc(Cl)cc2Cl)nc2ccccc2c1=O. The van der Waals surface area contributed by atoms with Crippen LogP contribution in [-0.2, 0) is 11.3 Å². The number of para-hydroxylation sites is 1. The van der Waals surface area contributed by atoms with Crippen molar-refractivity contribution in [3.63, 3.8) is 0 Å². The summed E-state index contributed by atoms with van der Waals surface area (Å²) in [6, 6.07) is 10.0. The lowest BCUT2D eigenvalue weighted by Crippen LogP contribution is -2.23. The van der Waals surface area contributed by atoms with Crippen LogP contribution >= 0.6 is 46.6 Å². The van der Waals surface area contributed by atoms with E-state index < -0.39 is 0 Å². The molecule has 1 amide bonds. The Balaban J connectivity index is 1.83. The number of halogens is 3. The van der Waals surface area contributed by atoms with Crippen LogP contribution in [0.25, 0.3) is 10.9 Å². The van der Waals surface area contributed by atoms with Crippen LogP contribution in [0.1, 0.15) is 0 Å². The van der Waals surface area contributed by atoms with Crippen LogP contribution in [0.2, 0.25) is 15.1 Å². The molecule has 2 aromatic carbocycles. The van der Waals surface area contributed by atoms with Crippen molar-refractivity contribution < 1.29 is 4.79 Å². The number of hydrogen-bond acceptors (Lipinski definition) is 4. The van der Waals surface area contributed by atoms with E-state index >= 15 is 0 Å². The molecule has 9 heteroatoms. The van der Waals surface area contributed by atoms with Gasteiger partial charge in [0.2, 0.25) is 5.91 Å². The summed E-state index contributed by atoms with van der Waals surface area (Å²) in [5, 5.41) is 4.45. The van der Waals surface area contributed by atoms with Crippen molar-refractivity contribution in [3.8, 4) is 0 Å². The van der Waals surface area contributed by atoms with E-state index in [0.717, 1.165) is 11.8 Å². The normalized spacial score (nSPS) is 10.8. The van der Waals surface area contributed by atoms with E-state index in [4.69, 9.17) is 34.8 Å². The van der Waals surface area contributed by atoms with Gasteiger partial charge in [0, 0.05) is 11.6 Å². The summed E-state index contributed by atoms with van der Waals surface area (Å²) in [6.45, 7) is 3.97. The highest BCUT2D eigenvalue weighted by molar-refractivity contribution is 7.99. The van der Waals surface area contributed by atoms with E-state index in [1.807, 2.05) is 0 Å². The zero-order valence-corrected chi connectivity index (χ0v) is 17.5. The van der Waals surface area contributed by atoms with Crippen LogP contribution in [0.3, 0.4) is 0 Å². The first-order valence-electron chi connectivity index (χ1n) is 8.08. The molecule has 1 heterocycles. The van der Waals surface area contributed by atoms with Gasteiger partial charge in [-0.15, -0.1) is 6.58 Å². The maximum absolute atomic E-state index is 12.7. The summed E-state index contributed by atoms with van der Waals surface area (Å²) in [5.41, 5.74) is 0.671. The van der Waals surface area contributed by atoms with Gasteiger partial charge >= 0.3 is 0 Å². The number of carbonyl (C=O) groups is 1. The molecule has 0 saturated carbocycles. The van der Waals surface area contributed by atoms with Gasteiger partial charge in [0.05, 0.1) is 32.4 Å². The van der Waals surface area contributed by atoms with Gasteiger partial charge in [-0.1, -0.05) is 64.8 Å². The molecule has 0 aliphatic heterocycles. The second kappa shape index (κ2) is 9.01. The quantitative estimate of drug-likeness (QED) is 0.313. The zero-order valence-electron chi connectivity index (χ0n) is 14.4. The van der Waals surface area contributed by atoms with Gasteiger partial charge in [0.1, 0.15) is 0 Å². The van der Waals surface area contributed by atoms with E-state index in [1.54, 1.807) is 30.3 Å². The number of rotatable bonds is 6. The molecule has 28 heavy (non-hydrogen) atoms. The summed E-state index contributed by atoms with van der Waals surface area (Å²) >= 11 is 19.2. The Labute approximate surface area is 180 Å². The molecule has 3 aromatic rings. The Morgan fingerprint density at radius 2 is 1.89 bits per heavy atom. The van der Waals surface area contributed by atoms with Crippen LogP contribution in [0, 0.1) is 0 Å². The van der Waals surface area contributed by atoms with E-state index in [-0.39, 0.29) is 39.5 Å². The molecule has 0 saturated heterocycles. The van der Waals surface area contributed by atoms with Crippen LogP contribution in [0.15, 0.2) is 59.0 Å². The molecule has 0 unspecified atom stereocenters. The summed E-state index contributed by atoms with van der Waals surface area (Å²) in [4.78, 5) is 29.6. The Hall–Kier alpha value is -1.99. The smallest absolute Gasteiger partial charge is 0.262 e. The van der Waals surface area contributed by atoms with Crippen molar-refractivity contribution in [3.05, 3.63) is 74.5 Å². The monoisotopic (exact) mass is 453 g/mol. The molecule has 0 bridgehead atoms. The summed E-state index contributed by atoms with van der Waals surface area (Å²) < 4.78 is 1.48. The predicted octanol–water partition coefficient (Wildman–Crippen LogP) is 5.27. The number of allylic oxidation sites excluding steroid dienone is 1. The van der Waals surface area contributed by atoms with E-state index in [0.29, 0.717) is 21.1 Å². The highest BCUT2D eigenvalue weighted by Gasteiger charge is 2.15. The van der Waals surface area contributed by atoms with E-state index in [2.05, 4.69) is 16.9 Å². The fourth-order valence-electron chi connectivity index (χ4n) is 2.52. The van der Waals surface area contributed by atoms with Crippen LogP contribution < -0.4 is 10.9 Å². The first-order valence-corrected chi connectivity index (χ1v) is 10.2. The Bertz CT molecular complexity index is 1110. The van der Waals surface area contributed by atoms with Crippen molar-refractivity contribution in [1.82, 2.24) is 9.55 Å². The fourth-order valence-corrected chi connectivity index (χ4v) is 4.24. The second-order valence-corrected chi connectivity index (χ2v) is 7.89. The van der Waals surface area contributed by atoms with Gasteiger partial charge in [-0.2, -0.15) is 0 Å². The molecule has 1 aromatic heterocycles. The number of nitrogens with one attached hydrogen (secondary N) is 1. The zero-order chi connectivity index (χ0) is 20.3. The highest BCUT2D eigenvalue weighted by atomic mass is 35.5. The Kier molecular flexibility index (Phi) is 6.67. The molecule has 144 valence electrons. The molecule has 0 fully saturated rings.